The van der Waals surface area contributed by atoms with E-state index in [4.69, 9.17) is 4.52 Å². The number of anilines is 2. The van der Waals surface area contributed by atoms with E-state index in [1.807, 2.05) is 0 Å². The molecule has 1 aliphatic rings. The highest BCUT2D eigenvalue weighted by Gasteiger charge is 2.25. The zero-order valence-corrected chi connectivity index (χ0v) is 17.8. The minimum absolute atomic E-state index is 0.0255. The van der Waals surface area contributed by atoms with E-state index in [-0.39, 0.29) is 11.5 Å². The van der Waals surface area contributed by atoms with E-state index in [1.54, 1.807) is 41.4 Å². The Morgan fingerprint density at radius 2 is 1.90 bits per heavy atom. The van der Waals surface area contributed by atoms with E-state index in [1.165, 1.54) is 11.6 Å². The molecular weight excluding hydrogens is 397 g/mol. The van der Waals surface area contributed by atoms with Crippen LogP contribution in [0, 0.1) is 12.7 Å². The molecule has 0 atom stereocenters. The summed E-state index contributed by atoms with van der Waals surface area (Å²) in [6, 6.07) is 10.7. The fraction of sp³-hybridized carbons (Fsp3) is 0.304. The van der Waals surface area contributed by atoms with E-state index in [0.29, 0.717) is 18.1 Å². The van der Waals surface area contributed by atoms with Gasteiger partial charge < -0.3 is 9.84 Å². The third-order valence-corrected chi connectivity index (χ3v) is 6.16. The number of hydrogen-bond acceptors (Lipinski definition) is 5. The molecule has 1 N–H and O–H groups in total. The Hall–Kier alpha value is -3.39. The quantitative estimate of drug-likeness (QED) is 0.545. The summed E-state index contributed by atoms with van der Waals surface area (Å²) in [7, 11) is 3.60. The van der Waals surface area contributed by atoms with Gasteiger partial charge in [-0.05, 0) is 42.3 Å². The fourth-order valence-electron chi connectivity index (χ4n) is 4.29. The maximum atomic E-state index is 14.1. The maximum Gasteiger partial charge on any atom is 0.328 e. The van der Waals surface area contributed by atoms with Crippen LogP contribution in [0.4, 0.5) is 15.9 Å². The largest absolute Gasteiger partial charge is 0.359 e. The van der Waals surface area contributed by atoms with Crippen molar-refractivity contribution in [2.45, 2.75) is 26.4 Å². The molecule has 0 amide bonds. The Bertz CT molecular complexity index is 1350. The molecular formula is C23H24FN5O2. The van der Waals surface area contributed by atoms with Gasteiger partial charge in [0.25, 0.3) is 0 Å². The van der Waals surface area contributed by atoms with E-state index in [0.717, 1.165) is 47.4 Å². The third-order valence-electron chi connectivity index (χ3n) is 6.16. The van der Waals surface area contributed by atoms with Gasteiger partial charge in [-0.25, -0.2) is 9.18 Å². The van der Waals surface area contributed by atoms with E-state index in [2.05, 4.69) is 34.4 Å². The van der Waals surface area contributed by atoms with Gasteiger partial charge in [-0.3, -0.25) is 14.0 Å². The van der Waals surface area contributed by atoms with Crippen molar-refractivity contribution in [2.75, 3.05) is 11.9 Å². The highest BCUT2D eigenvalue weighted by Crippen LogP contribution is 2.30. The molecule has 8 heteroatoms. The number of hydrogen-bond donors (Lipinski definition) is 1. The molecule has 0 saturated carbocycles. The first-order valence-electron chi connectivity index (χ1n) is 10.3. The zero-order valence-electron chi connectivity index (χ0n) is 17.8. The van der Waals surface area contributed by atoms with Gasteiger partial charge in [-0.2, -0.15) is 0 Å². The van der Waals surface area contributed by atoms with Crippen LogP contribution in [-0.2, 0) is 33.6 Å². The molecule has 0 unspecified atom stereocenters. The summed E-state index contributed by atoms with van der Waals surface area (Å²) in [5.41, 5.74) is 5.50. The molecule has 160 valence electrons. The summed E-state index contributed by atoms with van der Waals surface area (Å²) in [5, 5.41) is 7.21. The van der Waals surface area contributed by atoms with Gasteiger partial charge in [0.2, 0.25) is 0 Å². The monoisotopic (exact) mass is 421 g/mol. The molecule has 0 aliphatic carbocycles. The van der Waals surface area contributed by atoms with Crippen LogP contribution in [-0.4, -0.2) is 25.7 Å². The molecule has 0 radical (unpaired) electrons. The molecule has 2 aromatic carbocycles. The van der Waals surface area contributed by atoms with E-state index >= 15 is 0 Å². The van der Waals surface area contributed by atoms with Crippen LogP contribution in [0.2, 0.25) is 0 Å². The average molecular weight is 421 g/mol. The maximum absolute atomic E-state index is 14.1. The predicted octanol–water partition coefficient (Wildman–Crippen LogP) is 3.61. The Balaban J connectivity index is 1.41. The third kappa shape index (κ3) is 3.33. The fourth-order valence-corrected chi connectivity index (χ4v) is 4.29. The lowest BCUT2D eigenvalue weighted by Gasteiger charge is -2.26. The SMILES string of the molecule is Cc1cc2c(cc1CN1CCc3onc(Nc4ccccc4F)c3C1)n(C)c(=O)n2C. The van der Waals surface area contributed by atoms with Crippen LogP contribution in [0.5, 0.6) is 0 Å². The van der Waals surface area contributed by atoms with Crippen LogP contribution in [0.25, 0.3) is 11.0 Å². The molecule has 4 aromatic rings. The van der Waals surface area contributed by atoms with Gasteiger partial charge in [0.05, 0.1) is 22.3 Å². The van der Waals surface area contributed by atoms with Crippen molar-refractivity contribution >= 4 is 22.5 Å². The second-order valence-electron chi connectivity index (χ2n) is 8.17. The van der Waals surface area contributed by atoms with E-state index < -0.39 is 0 Å². The molecule has 7 nitrogen and oxygen atoms in total. The molecule has 5 rings (SSSR count). The first-order chi connectivity index (χ1) is 14.9. The predicted molar refractivity (Wildman–Crippen MR) is 117 cm³/mol. The van der Waals surface area contributed by atoms with Crippen molar-refractivity contribution in [2.24, 2.45) is 14.1 Å². The number of aryl methyl sites for hydroxylation is 3. The highest BCUT2D eigenvalue weighted by molar-refractivity contribution is 5.78. The number of fused-ring (bicyclic) bond motifs is 2. The van der Waals surface area contributed by atoms with Crippen molar-refractivity contribution in [3.8, 4) is 0 Å². The van der Waals surface area contributed by atoms with Crippen molar-refractivity contribution < 1.29 is 8.91 Å². The lowest BCUT2D eigenvalue weighted by Crippen LogP contribution is -2.30. The first kappa shape index (κ1) is 19.6. The molecule has 1 aliphatic heterocycles. The summed E-state index contributed by atoms with van der Waals surface area (Å²) >= 11 is 0. The molecule has 0 fully saturated rings. The number of nitrogens with zero attached hydrogens (tertiary/aromatic N) is 4. The molecule has 2 aromatic heterocycles. The summed E-state index contributed by atoms with van der Waals surface area (Å²) in [6.07, 6.45) is 0.742. The van der Waals surface area contributed by atoms with Gasteiger partial charge in [-0.15, -0.1) is 0 Å². The molecule has 0 spiro atoms. The summed E-state index contributed by atoms with van der Waals surface area (Å²) < 4.78 is 22.9. The van der Waals surface area contributed by atoms with Crippen molar-refractivity contribution in [1.29, 1.82) is 0 Å². The summed E-state index contributed by atoms with van der Waals surface area (Å²) in [6.45, 7) is 4.31. The average Bonchev–Trinajstić information content (AvgIpc) is 3.25. The molecule has 0 saturated heterocycles. The molecule has 0 bridgehead atoms. The van der Waals surface area contributed by atoms with Gasteiger partial charge >= 0.3 is 5.69 Å². The number of halogens is 1. The minimum atomic E-state index is -0.329. The van der Waals surface area contributed by atoms with Crippen LogP contribution in [0.1, 0.15) is 22.5 Å². The number of aromatic nitrogens is 3. The standard InChI is InChI=1S/C23H24FN5O2/c1-14-10-19-20(28(3)23(30)27(19)2)11-15(14)12-29-9-8-21-16(13-29)22(26-31-21)25-18-7-5-4-6-17(18)24/h4-7,10-11H,8-9,12-13H2,1-3H3,(H,25,26). The Kier molecular flexibility index (Phi) is 4.66. The number of imidazole rings is 1. The second kappa shape index (κ2) is 7.39. The number of rotatable bonds is 4. The topological polar surface area (TPSA) is 68.2 Å². The van der Waals surface area contributed by atoms with Crippen LogP contribution < -0.4 is 11.0 Å². The van der Waals surface area contributed by atoms with Crippen molar-refractivity contribution in [3.05, 3.63) is 75.2 Å². The van der Waals surface area contributed by atoms with Gasteiger partial charge in [-0.1, -0.05) is 17.3 Å². The van der Waals surface area contributed by atoms with Crippen LogP contribution >= 0.6 is 0 Å². The smallest absolute Gasteiger partial charge is 0.328 e. The van der Waals surface area contributed by atoms with Crippen molar-refractivity contribution in [1.82, 2.24) is 19.2 Å². The van der Waals surface area contributed by atoms with Gasteiger partial charge in [0, 0.05) is 40.2 Å². The number of para-hydroxylation sites is 1. The van der Waals surface area contributed by atoms with Crippen LogP contribution in [0.3, 0.4) is 0 Å². The zero-order chi connectivity index (χ0) is 21.7. The minimum Gasteiger partial charge on any atom is -0.359 e. The number of nitrogens with one attached hydrogen (secondary N) is 1. The normalized spacial score (nSPS) is 14.2. The van der Waals surface area contributed by atoms with Gasteiger partial charge in [0.1, 0.15) is 11.6 Å². The second-order valence-corrected chi connectivity index (χ2v) is 8.17. The summed E-state index contributed by atoms with van der Waals surface area (Å²) in [4.78, 5) is 14.6. The highest BCUT2D eigenvalue weighted by atomic mass is 19.1. The van der Waals surface area contributed by atoms with Crippen molar-refractivity contribution in [3.63, 3.8) is 0 Å². The number of benzene rings is 2. The molecule has 3 heterocycles. The summed E-state index contributed by atoms with van der Waals surface area (Å²) in [5.74, 6) is 1.07. The lowest BCUT2D eigenvalue weighted by atomic mass is 10.0. The lowest BCUT2D eigenvalue weighted by molar-refractivity contribution is 0.228. The Morgan fingerprint density at radius 1 is 1.16 bits per heavy atom. The Morgan fingerprint density at radius 3 is 2.68 bits per heavy atom. The first-order valence-corrected chi connectivity index (χ1v) is 10.3. The van der Waals surface area contributed by atoms with Gasteiger partial charge in [0.15, 0.2) is 5.82 Å². The van der Waals surface area contributed by atoms with E-state index in [9.17, 15) is 9.18 Å². The van der Waals surface area contributed by atoms with Crippen LogP contribution in [0.15, 0.2) is 45.7 Å². The molecule has 31 heavy (non-hydrogen) atoms. The Labute approximate surface area is 178 Å².